The van der Waals surface area contributed by atoms with Gasteiger partial charge < -0.3 is 24.5 Å². The van der Waals surface area contributed by atoms with E-state index in [4.69, 9.17) is 5.73 Å². The summed E-state index contributed by atoms with van der Waals surface area (Å²) in [5.41, 5.74) is 13.8. The van der Waals surface area contributed by atoms with Crippen molar-refractivity contribution in [2.45, 2.75) is 47.6 Å². The molecule has 1 unspecified atom stereocenters. The molecule has 0 aromatic heterocycles. The monoisotopic (exact) mass is 292 g/mol. The molecule has 4 heteroatoms. The van der Waals surface area contributed by atoms with Crippen LogP contribution in [0.3, 0.4) is 0 Å². The van der Waals surface area contributed by atoms with Crippen molar-refractivity contribution in [1.29, 1.82) is 0 Å². The first-order valence-corrected chi connectivity index (χ1v) is 5.93. The quantitative estimate of drug-likeness (QED) is 0.457. The molecule has 0 aliphatic rings. The molecule has 1 aromatic carbocycles. The maximum absolute atomic E-state index is 5.66. The summed E-state index contributed by atoms with van der Waals surface area (Å²) in [7, 11) is 0. The fourth-order valence-electron chi connectivity index (χ4n) is 2.02. The van der Waals surface area contributed by atoms with Crippen molar-refractivity contribution in [2.24, 2.45) is 5.73 Å². The van der Waals surface area contributed by atoms with Crippen molar-refractivity contribution in [3.63, 3.8) is 0 Å². The summed E-state index contributed by atoms with van der Waals surface area (Å²) in [5.74, 6) is 0. The Morgan fingerprint density at radius 1 is 0.889 bits per heavy atom. The summed E-state index contributed by atoms with van der Waals surface area (Å²) in [6, 6.07) is 0.318. The summed E-state index contributed by atoms with van der Waals surface area (Å²) < 4.78 is 0. The first-order valence-electron chi connectivity index (χ1n) is 5.93. The van der Waals surface area contributed by atoms with E-state index < -0.39 is 0 Å². The molecular weight excluding hydrogens is 267 g/mol. The Bertz CT molecular complexity index is 376. The maximum atomic E-state index is 5.66. The van der Waals surface area contributed by atoms with Crippen LogP contribution in [0.4, 0.5) is 5.69 Å². The SMILES string of the molecule is Cc1c(C)c(C)c(NC(C)CN)c(C)c1C.[K+].[SH-]. The zero-order valence-corrected chi connectivity index (χ0v) is 16.8. The van der Waals surface area contributed by atoms with E-state index in [9.17, 15) is 0 Å². The van der Waals surface area contributed by atoms with E-state index >= 15 is 0 Å². The van der Waals surface area contributed by atoms with Crippen LogP contribution in [-0.4, -0.2) is 12.6 Å². The fraction of sp³-hybridized carbons (Fsp3) is 0.571. The van der Waals surface area contributed by atoms with Gasteiger partial charge in [-0.3, -0.25) is 0 Å². The van der Waals surface area contributed by atoms with Crippen molar-refractivity contribution < 1.29 is 51.4 Å². The zero-order valence-electron chi connectivity index (χ0n) is 12.8. The van der Waals surface area contributed by atoms with E-state index in [2.05, 4.69) is 46.9 Å². The molecule has 0 bridgehead atoms. The second-order valence-corrected chi connectivity index (χ2v) is 4.78. The van der Waals surface area contributed by atoms with Crippen LogP contribution in [0, 0.1) is 34.6 Å². The topological polar surface area (TPSA) is 38.0 Å². The van der Waals surface area contributed by atoms with Gasteiger partial charge in [0, 0.05) is 18.3 Å². The number of thiol groups is 1. The molecule has 0 saturated carbocycles. The molecule has 2 nitrogen and oxygen atoms in total. The van der Waals surface area contributed by atoms with Crippen LogP contribution in [0.2, 0.25) is 0 Å². The standard InChI is InChI=1S/C14H24N2.K.H2S/c1-8(7-15)16-14-12(5)10(3)9(2)11(4)13(14)6;;/h8,16H,7,15H2,1-6H3;;1H2/q;+1;/p-1. The van der Waals surface area contributed by atoms with Crippen LogP contribution >= 0.6 is 0 Å². The van der Waals surface area contributed by atoms with E-state index in [0.29, 0.717) is 12.6 Å². The number of anilines is 1. The van der Waals surface area contributed by atoms with E-state index in [1.54, 1.807) is 0 Å². The molecule has 1 aromatic rings. The van der Waals surface area contributed by atoms with Gasteiger partial charge in [0.25, 0.3) is 0 Å². The van der Waals surface area contributed by atoms with Crippen LogP contribution in [0.15, 0.2) is 0 Å². The number of benzene rings is 1. The first kappa shape index (κ1) is 21.3. The Balaban J connectivity index is 0. The van der Waals surface area contributed by atoms with Crippen LogP contribution < -0.4 is 62.4 Å². The number of nitrogens with one attached hydrogen (secondary N) is 1. The second-order valence-electron chi connectivity index (χ2n) is 4.78. The fourth-order valence-corrected chi connectivity index (χ4v) is 2.02. The van der Waals surface area contributed by atoms with Gasteiger partial charge in [0.15, 0.2) is 0 Å². The molecule has 0 spiro atoms. The maximum Gasteiger partial charge on any atom is 1.00 e. The number of rotatable bonds is 3. The largest absolute Gasteiger partial charge is 1.00 e. The van der Waals surface area contributed by atoms with Crippen molar-refractivity contribution in [1.82, 2.24) is 0 Å². The molecule has 0 fully saturated rings. The third kappa shape index (κ3) is 4.51. The van der Waals surface area contributed by atoms with Crippen LogP contribution in [0.1, 0.15) is 34.7 Å². The van der Waals surface area contributed by atoms with Gasteiger partial charge in [0.2, 0.25) is 0 Å². The van der Waals surface area contributed by atoms with Gasteiger partial charge in [-0.15, -0.1) is 0 Å². The summed E-state index contributed by atoms with van der Waals surface area (Å²) >= 11 is 0. The van der Waals surface area contributed by atoms with Gasteiger partial charge in [-0.1, -0.05) is 0 Å². The average molecular weight is 293 g/mol. The van der Waals surface area contributed by atoms with Gasteiger partial charge in [0.1, 0.15) is 0 Å². The Morgan fingerprint density at radius 3 is 1.56 bits per heavy atom. The predicted molar refractivity (Wildman–Crippen MR) is 81.0 cm³/mol. The minimum Gasteiger partial charge on any atom is -0.813 e. The Labute approximate surface area is 161 Å². The third-order valence-corrected chi connectivity index (χ3v) is 3.74. The number of hydrogen-bond acceptors (Lipinski definition) is 3. The van der Waals surface area contributed by atoms with E-state index in [1.165, 1.54) is 33.5 Å². The normalized spacial score (nSPS) is 11.3. The Kier molecular flexibility index (Phi) is 10.6. The van der Waals surface area contributed by atoms with Crippen LogP contribution in [0.25, 0.3) is 0 Å². The number of nitrogens with two attached hydrogens (primary N) is 1. The molecule has 98 valence electrons. The molecule has 1 atom stereocenters. The molecule has 0 aliphatic heterocycles. The molecule has 1 rings (SSSR count). The molecule has 18 heavy (non-hydrogen) atoms. The molecule has 0 amide bonds. The second kappa shape index (κ2) is 9.00. The van der Waals surface area contributed by atoms with Gasteiger partial charge in [-0.2, -0.15) is 0 Å². The predicted octanol–water partition coefficient (Wildman–Crippen LogP) is -0.278. The van der Waals surface area contributed by atoms with Gasteiger partial charge in [-0.25, -0.2) is 0 Å². The van der Waals surface area contributed by atoms with Crippen LogP contribution in [0.5, 0.6) is 0 Å². The molecule has 3 N–H and O–H groups in total. The minimum absolute atomic E-state index is 0. The molecule has 0 heterocycles. The van der Waals surface area contributed by atoms with Crippen LogP contribution in [-0.2, 0) is 13.5 Å². The summed E-state index contributed by atoms with van der Waals surface area (Å²) in [6.07, 6.45) is 0. The minimum atomic E-state index is 0. The zero-order chi connectivity index (χ0) is 12.5. The number of hydrogen-bond donors (Lipinski definition) is 2. The first-order chi connectivity index (χ1) is 7.40. The van der Waals surface area contributed by atoms with Crippen molar-refractivity contribution in [2.75, 3.05) is 11.9 Å². The Hall–Kier alpha value is 0.966. The summed E-state index contributed by atoms with van der Waals surface area (Å²) in [4.78, 5) is 0. The average Bonchev–Trinajstić information content (AvgIpc) is 2.29. The van der Waals surface area contributed by atoms with E-state index in [-0.39, 0.29) is 64.9 Å². The van der Waals surface area contributed by atoms with E-state index in [1.807, 2.05) is 0 Å². The summed E-state index contributed by atoms with van der Waals surface area (Å²) in [5, 5.41) is 3.51. The Morgan fingerprint density at radius 2 is 1.22 bits per heavy atom. The van der Waals surface area contributed by atoms with Crippen molar-refractivity contribution in [3.8, 4) is 0 Å². The van der Waals surface area contributed by atoms with E-state index in [0.717, 1.165) is 0 Å². The molecule has 0 radical (unpaired) electrons. The van der Waals surface area contributed by atoms with Gasteiger partial charge in [0.05, 0.1) is 0 Å². The molecule has 0 aliphatic carbocycles. The smallest absolute Gasteiger partial charge is 0.813 e. The molecular formula is C14H25KN2S. The molecule has 0 saturated heterocycles. The third-order valence-electron chi connectivity index (χ3n) is 3.74. The van der Waals surface area contributed by atoms with Crippen molar-refractivity contribution >= 4 is 19.2 Å². The summed E-state index contributed by atoms with van der Waals surface area (Å²) in [6.45, 7) is 13.7. The van der Waals surface area contributed by atoms with Gasteiger partial charge >= 0.3 is 51.4 Å². The van der Waals surface area contributed by atoms with Gasteiger partial charge in [-0.05, 0) is 69.4 Å². The van der Waals surface area contributed by atoms with Crippen molar-refractivity contribution in [3.05, 3.63) is 27.8 Å².